The zero-order valence-electron chi connectivity index (χ0n) is 11.7. The predicted molar refractivity (Wildman–Crippen MR) is 71.2 cm³/mol. The maximum atomic E-state index is 11.8. The third kappa shape index (κ3) is 5.19. The van der Waals surface area contributed by atoms with E-state index >= 15 is 0 Å². The summed E-state index contributed by atoms with van der Waals surface area (Å²) in [4.78, 5) is 23.2. The fourth-order valence-electron chi connectivity index (χ4n) is 2.66. The topological polar surface area (TPSA) is 43.4 Å². The second kappa shape index (κ2) is 8.28. The Labute approximate surface area is 110 Å². The molecule has 0 amide bonds. The average molecular weight is 254 g/mol. The summed E-state index contributed by atoms with van der Waals surface area (Å²) < 4.78 is 4.86. The number of Topliss-reactive ketones (excluding diaryl/α,β-unsaturated/α-hetero) is 1. The maximum Gasteiger partial charge on any atom is 0.316 e. The highest BCUT2D eigenvalue weighted by atomic mass is 16.5. The molecule has 0 heterocycles. The first-order chi connectivity index (χ1) is 8.65. The molecule has 1 rings (SSSR count). The van der Waals surface area contributed by atoms with E-state index < -0.39 is 5.92 Å². The molecule has 1 aliphatic rings. The number of carbonyl (C=O) groups is 2. The van der Waals surface area contributed by atoms with E-state index in [1.54, 1.807) is 13.8 Å². The van der Waals surface area contributed by atoms with Crippen LogP contribution in [0.2, 0.25) is 0 Å². The lowest BCUT2D eigenvalue weighted by Gasteiger charge is -2.21. The van der Waals surface area contributed by atoms with E-state index in [9.17, 15) is 9.59 Å². The molecule has 0 aromatic heterocycles. The number of ketones is 1. The van der Waals surface area contributed by atoms with Gasteiger partial charge < -0.3 is 4.74 Å². The second-order valence-corrected chi connectivity index (χ2v) is 5.34. The van der Waals surface area contributed by atoms with Crippen LogP contribution in [-0.4, -0.2) is 18.4 Å². The van der Waals surface area contributed by atoms with E-state index in [-0.39, 0.29) is 11.8 Å². The first-order valence-corrected chi connectivity index (χ1v) is 7.34. The first-order valence-electron chi connectivity index (χ1n) is 7.34. The molecule has 0 aromatic carbocycles. The van der Waals surface area contributed by atoms with Crippen LogP contribution in [0.1, 0.15) is 65.2 Å². The number of ether oxygens (including phenoxy) is 1. The third-order valence-electron chi connectivity index (χ3n) is 3.88. The molecule has 0 radical (unpaired) electrons. The molecule has 0 saturated heterocycles. The first kappa shape index (κ1) is 15.2. The Kier molecular flexibility index (Phi) is 6.99. The molecule has 1 aliphatic carbocycles. The van der Waals surface area contributed by atoms with Crippen LogP contribution >= 0.6 is 0 Å². The number of esters is 1. The fraction of sp³-hybridized carbons (Fsp3) is 0.867. The van der Waals surface area contributed by atoms with E-state index in [1.165, 1.54) is 32.1 Å². The summed E-state index contributed by atoms with van der Waals surface area (Å²) in [6.45, 7) is 3.76. The monoisotopic (exact) mass is 254 g/mol. The zero-order valence-corrected chi connectivity index (χ0v) is 11.7. The standard InChI is InChI=1S/C15H26O3/c1-3-18-15(17)12(2)14(16)11-7-10-13-8-5-4-6-9-13/h12-13H,3-11H2,1-2H3. The van der Waals surface area contributed by atoms with Gasteiger partial charge in [0.25, 0.3) is 0 Å². The van der Waals surface area contributed by atoms with E-state index in [4.69, 9.17) is 4.74 Å². The average Bonchev–Trinajstić information content (AvgIpc) is 2.39. The lowest BCUT2D eigenvalue weighted by molar-refractivity contribution is -0.150. The smallest absolute Gasteiger partial charge is 0.316 e. The van der Waals surface area contributed by atoms with Crippen LogP contribution in [0, 0.1) is 11.8 Å². The van der Waals surface area contributed by atoms with Crippen molar-refractivity contribution in [3.05, 3.63) is 0 Å². The molecule has 18 heavy (non-hydrogen) atoms. The summed E-state index contributed by atoms with van der Waals surface area (Å²) in [6.07, 6.45) is 9.29. The number of hydrogen-bond donors (Lipinski definition) is 0. The van der Waals surface area contributed by atoms with Crippen molar-refractivity contribution in [1.29, 1.82) is 0 Å². The van der Waals surface area contributed by atoms with Crippen molar-refractivity contribution in [1.82, 2.24) is 0 Å². The lowest BCUT2D eigenvalue weighted by Crippen LogP contribution is -2.23. The van der Waals surface area contributed by atoms with Crippen LogP contribution in [0.5, 0.6) is 0 Å². The van der Waals surface area contributed by atoms with Gasteiger partial charge in [-0.25, -0.2) is 0 Å². The highest BCUT2D eigenvalue weighted by Gasteiger charge is 2.22. The van der Waals surface area contributed by atoms with Gasteiger partial charge in [-0.2, -0.15) is 0 Å². The van der Waals surface area contributed by atoms with Crippen LogP contribution in [-0.2, 0) is 14.3 Å². The molecule has 0 spiro atoms. The molecule has 3 nitrogen and oxygen atoms in total. The van der Waals surface area contributed by atoms with Crippen molar-refractivity contribution in [2.45, 2.75) is 65.2 Å². The minimum atomic E-state index is -0.587. The summed E-state index contributed by atoms with van der Waals surface area (Å²) >= 11 is 0. The van der Waals surface area contributed by atoms with Crippen LogP contribution in [0.15, 0.2) is 0 Å². The Morgan fingerprint density at radius 3 is 2.50 bits per heavy atom. The van der Waals surface area contributed by atoms with Crippen molar-refractivity contribution in [3.63, 3.8) is 0 Å². The number of hydrogen-bond acceptors (Lipinski definition) is 3. The molecule has 1 unspecified atom stereocenters. The number of rotatable bonds is 7. The van der Waals surface area contributed by atoms with Crippen LogP contribution in [0.25, 0.3) is 0 Å². The van der Waals surface area contributed by atoms with Gasteiger partial charge >= 0.3 is 5.97 Å². The second-order valence-electron chi connectivity index (χ2n) is 5.34. The van der Waals surface area contributed by atoms with E-state index in [0.717, 1.165) is 18.8 Å². The van der Waals surface area contributed by atoms with Crippen molar-refractivity contribution < 1.29 is 14.3 Å². The minimum absolute atomic E-state index is 0.0317. The maximum absolute atomic E-state index is 11.8. The van der Waals surface area contributed by atoms with Gasteiger partial charge in [0.2, 0.25) is 0 Å². The zero-order chi connectivity index (χ0) is 13.4. The molecule has 104 valence electrons. The van der Waals surface area contributed by atoms with E-state index in [0.29, 0.717) is 13.0 Å². The molecular formula is C15H26O3. The SMILES string of the molecule is CCOC(=O)C(C)C(=O)CCCC1CCCCC1. The van der Waals surface area contributed by atoms with Crippen molar-refractivity contribution in [2.24, 2.45) is 11.8 Å². The molecule has 0 aliphatic heterocycles. The summed E-state index contributed by atoms with van der Waals surface area (Å²) in [5.74, 6) is -0.120. The Hall–Kier alpha value is -0.860. The van der Waals surface area contributed by atoms with Crippen LogP contribution in [0.4, 0.5) is 0 Å². The van der Waals surface area contributed by atoms with Gasteiger partial charge in [-0.1, -0.05) is 38.5 Å². The van der Waals surface area contributed by atoms with Crippen molar-refractivity contribution >= 4 is 11.8 Å². The van der Waals surface area contributed by atoms with Gasteiger partial charge in [-0.05, 0) is 26.2 Å². The predicted octanol–water partition coefficient (Wildman–Crippen LogP) is 3.51. The fourth-order valence-corrected chi connectivity index (χ4v) is 2.66. The van der Waals surface area contributed by atoms with E-state index in [2.05, 4.69) is 0 Å². The molecule has 1 fully saturated rings. The van der Waals surface area contributed by atoms with Gasteiger partial charge in [0.15, 0.2) is 0 Å². The van der Waals surface area contributed by atoms with Crippen LogP contribution in [0.3, 0.4) is 0 Å². The van der Waals surface area contributed by atoms with Gasteiger partial charge in [0.05, 0.1) is 6.61 Å². The molecule has 0 bridgehead atoms. The Balaban J connectivity index is 2.17. The van der Waals surface area contributed by atoms with Gasteiger partial charge in [-0.15, -0.1) is 0 Å². The highest BCUT2D eigenvalue weighted by molar-refractivity contribution is 5.98. The molecule has 0 N–H and O–H groups in total. The number of carbonyl (C=O) groups excluding carboxylic acids is 2. The Morgan fingerprint density at radius 2 is 1.89 bits per heavy atom. The summed E-state index contributed by atoms with van der Waals surface area (Å²) in [6, 6.07) is 0. The Morgan fingerprint density at radius 1 is 1.22 bits per heavy atom. The summed E-state index contributed by atoms with van der Waals surface area (Å²) in [5.41, 5.74) is 0. The van der Waals surface area contributed by atoms with Gasteiger partial charge in [-0.3, -0.25) is 9.59 Å². The van der Waals surface area contributed by atoms with Crippen LogP contribution < -0.4 is 0 Å². The van der Waals surface area contributed by atoms with E-state index in [1.807, 2.05) is 0 Å². The van der Waals surface area contributed by atoms with Crippen molar-refractivity contribution in [2.75, 3.05) is 6.61 Å². The molecule has 1 atom stereocenters. The third-order valence-corrected chi connectivity index (χ3v) is 3.88. The molecule has 0 aromatic rings. The summed E-state index contributed by atoms with van der Waals surface area (Å²) in [5, 5.41) is 0. The minimum Gasteiger partial charge on any atom is -0.465 e. The summed E-state index contributed by atoms with van der Waals surface area (Å²) in [7, 11) is 0. The van der Waals surface area contributed by atoms with Gasteiger partial charge in [0.1, 0.15) is 11.7 Å². The molecule has 1 saturated carbocycles. The largest absolute Gasteiger partial charge is 0.465 e. The quantitative estimate of drug-likeness (QED) is 0.516. The lowest BCUT2D eigenvalue weighted by atomic mass is 9.85. The Bertz CT molecular complexity index is 267. The molecule has 3 heteroatoms. The normalized spacial score (nSPS) is 18.3. The highest BCUT2D eigenvalue weighted by Crippen LogP contribution is 2.27. The van der Waals surface area contributed by atoms with Gasteiger partial charge in [0, 0.05) is 6.42 Å². The molecular weight excluding hydrogens is 228 g/mol. The van der Waals surface area contributed by atoms with Crippen molar-refractivity contribution in [3.8, 4) is 0 Å².